The quantitative estimate of drug-likeness (QED) is 0.276. The Hall–Kier alpha value is -3.14. The molecule has 10 heteroatoms. The van der Waals surface area contributed by atoms with Crippen LogP contribution in [0.2, 0.25) is 0 Å². The molecule has 0 aliphatic rings. The third-order valence-corrected chi connectivity index (χ3v) is 5.48. The van der Waals surface area contributed by atoms with Gasteiger partial charge in [0.05, 0.1) is 7.11 Å². The van der Waals surface area contributed by atoms with Crippen LogP contribution < -0.4 is 15.2 Å². The molecule has 1 rings (SSSR count). The van der Waals surface area contributed by atoms with Gasteiger partial charge in [0.25, 0.3) is 0 Å². The van der Waals surface area contributed by atoms with Crippen molar-refractivity contribution in [2.24, 2.45) is 17.6 Å². The van der Waals surface area contributed by atoms with Crippen LogP contribution in [0.3, 0.4) is 0 Å². The summed E-state index contributed by atoms with van der Waals surface area (Å²) in [7, 11) is 1.18. The van der Waals surface area contributed by atoms with Crippen LogP contribution in [0.5, 0.6) is 11.5 Å². The average Bonchev–Trinajstić information content (AvgIpc) is 2.82. The van der Waals surface area contributed by atoms with E-state index >= 15 is 0 Å². The molecule has 0 saturated heterocycles. The molecule has 0 bridgehead atoms. The largest absolute Gasteiger partial charge is 0.508 e. The van der Waals surface area contributed by atoms with Crippen molar-refractivity contribution in [3.63, 3.8) is 0 Å². The molecule has 0 unspecified atom stereocenters. The van der Waals surface area contributed by atoms with E-state index in [4.69, 9.17) is 24.7 Å². The zero-order valence-electron chi connectivity index (χ0n) is 22.9. The van der Waals surface area contributed by atoms with Crippen molar-refractivity contribution >= 4 is 24.1 Å². The molecule has 208 valence electrons. The number of methoxy groups -OCH3 is 1. The van der Waals surface area contributed by atoms with E-state index in [-0.39, 0.29) is 30.8 Å². The molecule has 1 aromatic rings. The Labute approximate surface area is 219 Å². The van der Waals surface area contributed by atoms with E-state index in [2.05, 4.69) is 4.74 Å². The second-order valence-corrected chi connectivity index (χ2v) is 9.82. The Morgan fingerprint density at radius 2 is 1.30 bits per heavy atom. The number of rotatable bonds is 14. The molecule has 37 heavy (non-hydrogen) atoms. The lowest BCUT2D eigenvalue weighted by Gasteiger charge is -2.22. The summed E-state index contributed by atoms with van der Waals surface area (Å²) in [6, 6.07) is 3.63. The Balaban J connectivity index is 2.95. The summed E-state index contributed by atoms with van der Waals surface area (Å²) in [5.41, 5.74) is 6.62. The van der Waals surface area contributed by atoms with Crippen molar-refractivity contribution in [1.29, 1.82) is 0 Å². The van der Waals surface area contributed by atoms with Crippen molar-refractivity contribution < 1.29 is 42.9 Å². The van der Waals surface area contributed by atoms with E-state index in [1.54, 1.807) is 19.9 Å². The van der Waals surface area contributed by atoms with Crippen LogP contribution >= 0.6 is 0 Å². The molecule has 0 aliphatic heterocycles. The molecule has 3 atom stereocenters. The van der Waals surface area contributed by atoms with Gasteiger partial charge in [0.1, 0.15) is 18.2 Å². The van der Waals surface area contributed by atoms with Crippen LogP contribution in [0.25, 0.3) is 0 Å². The molecule has 0 aliphatic carbocycles. The van der Waals surface area contributed by atoms with Gasteiger partial charge in [0.15, 0.2) is 11.5 Å². The smallest absolute Gasteiger partial charge is 0.458 e. The molecular weight excluding hydrogens is 482 g/mol. The molecule has 0 spiro atoms. The molecule has 2 N–H and O–H groups in total. The zero-order chi connectivity index (χ0) is 28.1. The minimum Gasteiger partial charge on any atom is -0.458 e. The van der Waals surface area contributed by atoms with E-state index in [0.717, 1.165) is 0 Å². The lowest BCUT2D eigenvalue weighted by molar-refractivity contribution is -0.155. The highest BCUT2D eigenvalue weighted by Gasteiger charge is 2.25. The summed E-state index contributed by atoms with van der Waals surface area (Å²) in [5, 5.41) is 0. The number of esters is 3. The Kier molecular flexibility index (Phi) is 13.7. The van der Waals surface area contributed by atoms with Gasteiger partial charge in [-0.25, -0.2) is 4.79 Å². The zero-order valence-corrected chi connectivity index (χ0v) is 22.9. The highest BCUT2D eigenvalue weighted by atomic mass is 16.7. The Bertz CT molecular complexity index is 913. The Morgan fingerprint density at radius 3 is 1.81 bits per heavy atom. The number of benzene rings is 1. The van der Waals surface area contributed by atoms with Crippen molar-refractivity contribution in [3.05, 3.63) is 23.8 Å². The third kappa shape index (κ3) is 12.6. The topological polar surface area (TPSA) is 140 Å². The highest BCUT2D eigenvalue weighted by molar-refractivity contribution is 5.77. The second-order valence-electron chi connectivity index (χ2n) is 9.82. The molecule has 1 aromatic carbocycles. The molecule has 0 amide bonds. The summed E-state index contributed by atoms with van der Waals surface area (Å²) in [6.07, 6.45) is -0.580. The fourth-order valence-electron chi connectivity index (χ4n) is 3.00. The predicted molar refractivity (Wildman–Crippen MR) is 136 cm³/mol. The molecule has 0 heterocycles. The predicted octanol–water partition coefficient (Wildman–Crippen LogP) is 4.34. The number of hydrogen-bond acceptors (Lipinski definition) is 10. The molecule has 0 radical (unpaired) electrons. The lowest BCUT2D eigenvalue weighted by atomic mass is 10.1. The van der Waals surface area contributed by atoms with Crippen LogP contribution in [0.1, 0.15) is 72.8 Å². The van der Waals surface area contributed by atoms with E-state index in [0.29, 0.717) is 30.2 Å². The van der Waals surface area contributed by atoms with E-state index in [1.165, 1.54) is 19.2 Å². The van der Waals surface area contributed by atoms with Gasteiger partial charge in [0.2, 0.25) is 0 Å². The van der Waals surface area contributed by atoms with E-state index in [9.17, 15) is 19.2 Å². The maximum Gasteiger partial charge on any atom is 0.508 e. The minimum absolute atomic E-state index is 0.0654. The van der Waals surface area contributed by atoms with E-state index < -0.39 is 42.3 Å². The first-order valence-electron chi connectivity index (χ1n) is 12.6. The molecule has 0 aromatic heterocycles. The van der Waals surface area contributed by atoms with Gasteiger partial charge in [-0.2, -0.15) is 0 Å². The van der Waals surface area contributed by atoms with E-state index in [1.807, 2.05) is 27.7 Å². The Morgan fingerprint density at radius 1 is 0.784 bits per heavy atom. The number of carbonyl (C=O) groups excluding carboxylic acids is 4. The highest BCUT2D eigenvalue weighted by Crippen LogP contribution is 2.30. The first-order valence-corrected chi connectivity index (χ1v) is 12.6. The van der Waals surface area contributed by atoms with Crippen molar-refractivity contribution in [3.8, 4) is 11.5 Å². The van der Waals surface area contributed by atoms with Gasteiger partial charge in [-0.3, -0.25) is 14.4 Å². The fraction of sp³-hybridized carbons (Fsp3) is 0.630. The van der Waals surface area contributed by atoms with Gasteiger partial charge < -0.3 is 29.4 Å². The SMILES string of the molecule is COC(=O)O[C@@H](C)[C@H](C)OC(=O)[C@@H](N)Cc1ccc(OC(=O)CCC(C)C)c(OC(=O)CCC(C)C)c1. The normalized spacial score (nSPS) is 13.5. The van der Waals surface area contributed by atoms with Crippen molar-refractivity contribution in [1.82, 2.24) is 0 Å². The average molecular weight is 524 g/mol. The van der Waals surface area contributed by atoms with Gasteiger partial charge in [-0.15, -0.1) is 0 Å². The monoisotopic (exact) mass is 523 g/mol. The summed E-state index contributed by atoms with van der Waals surface area (Å²) < 4.78 is 25.7. The summed E-state index contributed by atoms with van der Waals surface area (Å²) in [4.78, 5) is 48.4. The molecule has 0 saturated carbocycles. The van der Waals surface area contributed by atoms with Crippen molar-refractivity contribution in [2.45, 2.75) is 91.9 Å². The summed E-state index contributed by atoms with van der Waals surface area (Å²) in [5.74, 6) is -0.734. The van der Waals surface area contributed by atoms with Crippen LogP contribution in [-0.2, 0) is 35.0 Å². The van der Waals surface area contributed by atoms with Gasteiger partial charge >= 0.3 is 24.1 Å². The number of nitrogens with two attached hydrogens (primary N) is 1. The first-order chi connectivity index (χ1) is 17.3. The molecular formula is C27H41NO9. The molecule has 0 fully saturated rings. The number of hydrogen-bond donors (Lipinski definition) is 1. The summed E-state index contributed by atoms with van der Waals surface area (Å²) >= 11 is 0. The maximum absolute atomic E-state index is 12.5. The molecule has 10 nitrogen and oxygen atoms in total. The standard InChI is InChI=1S/C27H41NO9/c1-16(2)8-12-24(29)36-22-11-10-20(15-23(22)37-25(30)13-9-17(3)4)14-21(28)26(31)34-18(5)19(6)35-27(32)33-7/h10-11,15-19,21H,8-9,12-14,28H2,1-7H3/t18-,19-,21-/m0/s1. The maximum atomic E-state index is 12.5. The van der Waals surface area contributed by atoms with Crippen LogP contribution in [0.4, 0.5) is 4.79 Å². The second kappa shape index (κ2) is 15.9. The van der Waals surface area contributed by atoms with Gasteiger partial charge in [-0.05, 0) is 62.6 Å². The van der Waals surface area contributed by atoms with Crippen LogP contribution in [-0.4, -0.2) is 49.4 Å². The number of ether oxygens (including phenoxy) is 5. The lowest BCUT2D eigenvalue weighted by Crippen LogP contribution is -2.39. The summed E-state index contributed by atoms with van der Waals surface area (Å²) in [6.45, 7) is 11.1. The minimum atomic E-state index is -1.04. The van der Waals surface area contributed by atoms with Crippen molar-refractivity contribution in [2.75, 3.05) is 7.11 Å². The number of carbonyl (C=O) groups is 4. The first kappa shape index (κ1) is 31.9. The van der Waals surface area contributed by atoms with Gasteiger partial charge in [-0.1, -0.05) is 33.8 Å². The van der Waals surface area contributed by atoms with Crippen LogP contribution in [0.15, 0.2) is 18.2 Å². The van der Waals surface area contributed by atoms with Gasteiger partial charge in [0, 0.05) is 12.8 Å². The van der Waals surface area contributed by atoms with Crippen LogP contribution in [0, 0.1) is 11.8 Å². The fourth-order valence-corrected chi connectivity index (χ4v) is 3.00. The third-order valence-electron chi connectivity index (χ3n) is 5.48.